The summed E-state index contributed by atoms with van der Waals surface area (Å²) in [6, 6.07) is 16.8. The van der Waals surface area contributed by atoms with Crippen molar-refractivity contribution < 1.29 is 24.2 Å². The zero-order chi connectivity index (χ0) is 28.0. The number of carboxylic acids is 1. The van der Waals surface area contributed by atoms with Crippen molar-refractivity contribution in [2.75, 3.05) is 18.6 Å². The van der Waals surface area contributed by atoms with Gasteiger partial charge in [-0.1, -0.05) is 56.5 Å². The first kappa shape index (κ1) is 28.0. The number of hydrogen-bond donors (Lipinski definition) is 2. The van der Waals surface area contributed by atoms with E-state index in [2.05, 4.69) is 22.2 Å². The number of unbranched alkanes of at least 4 members (excludes halogenated alkanes) is 2. The zero-order valence-electron chi connectivity index (χ0n) is 22.9. The van der Waals surface area contributed by atoms with Crippen LogP contribution in [0.25, 0.3) is 0 Å². The molecule has 1 aliphatic heterocycles. The third-order valence-corrected chi connectivity index (χ3v) is 7.06. The van der Waals surface area contributed by atoms with Gasteiger partial charge in [0.25, 0.3) is 0 Å². The van der Waals surface area contributed by atoms with E-state index in [9.17, 15) is 14.7 Å². The van der Waals surface area contributed by atoms with E-state index < -0.39 is 17.6 Å². The maximum Gasteiger partial charge on any atom is 0.347 e. The number of carboxylic acid groups (broad SMARTS) is 1. The second kappa shape index (κ2) is 12.3. The number of rotatable bonds is 11. The molecule has 1 aliphatic rings. The monoisotopic (exact) mass is 532 g/mol. The Morgan fingerprint density at radius 3 is 2.44 bits per heavy atom. The number of amides is 1. The van der Waals surface area contributed by atoms with Crippen molar-refractivity contribution in [3.8, 4) is 11.8 Å². The first-order valence-corrected chi connectivity index (χ1v) is 13.3. The molecule has 206 valence electrons. The van der Waals surface area contributed by atoms with Crippen molar-refractivity contribution in [1.82, 2.24) is 15.3 Å². The quantitative estimate of drug-likeness (QED) is 0.346. The van der Waals surface area contributed by atoms with Gasteiger partial charge in [0.05, 0.1) is 25.7 Å². The number of para-hydroxylation sites is 1. The lowest BCUT2D eigenvalue weighted by atomic mass is 9.78. The normalized spacial score (nSPS) is 17.7. The maximum absolute atomic E-state index is 13.6. The fourth-order valence-corrected chi connectivity index (χ4v) is 5.19. The second-order valence-electron chi connectivity index (χ2n) is 9.90. The summed E-state index contributed by atoms with van der Waals surface area (Å²) in [6.45, 7) is 5.98. The molecule has 39 heavy (non-hydrogen) atoms. The molecule has 2 heterocycles. The summed E-state index contributed by atoms with van der Waals surface area (Å²) in [7, 11) is 1.61. The van der Waals surface area contributed by atoms with Crippen molar-refractivity contribution in [3.63, 3.8) is 0 Å². The van der Waals surface area contributed by atoms with E-state index >= 15 is 0 Å². The summed E-state index contributed by atoms with van der Waals surface area (Å²) >= 11 is 0. The Balaban J connectivity index is 1.82. The van der Waals surface area contributed by atoms with Crippen LogP contribution in [0.2, 0.25) is 0 Å². The van der Waals surface area contributed by atoms with Gasteiger partial charge < -0.3 is 19.5 Å². The molecule has 0 saturated heterocycles. The smallest absolute Gasteiger partial charge is 0.347 e. The van der Waals surface area contributed by atoms with Crippen LogP contribution in [0.15, 0.2) is 54.6 Å². The lowest BCUT2D eigenvalue weighted by molar-refractivity contribution is -0.151. The number of nitrogens with zero attached hydrogens (tertiary/aromatic N) is 3. The lowest BCUT2D eigenvalue weighted by Gasteiger charge is -2.39. The number of benzene rings is 2. The van der Waals surface area contributed by atoms with E-state index in [0.717, 1.165) is 30.6 Å². The summed E-state index contributed by atoms with van der Waals surface area (Å²) in [4.78, 5) is 36.9. The average molecular weight is 533 g/mol. The number of aliphatic carboxylic acids is 1. The summed E-state index contributed by atoms with van der Waals surface area (Å²) in [5.41, 5.74) is 2.41. The Bertz CT molecular complexity index is 1290. The van der Waals surface area contributed by atoms with Gasteiger partial charge in [0.1, 0.15) is 5.75 Å². The summed E-state index contributed by atoms with van der Waals surface area (Å²) in [5, 5.41) is 13.9. The van der Waals surface area contributed by atoms with Gasteiger partial charge in [-0.2, -0.15) is 0 Å². The van der Waals surface area contributed by atoms with Crippen LogP contribution in [-0.2, 0) is 21.7 Å². The Hall–Kier alpha value is -3.98. The van der Waals surface area contributed by atoms with Crippen LogP contribution >= 0.6 is 0 Å². The van der Waals surface area contributed by atoms with Gasteiger partial charge >= 0.3 is 12.0 Å². The molecule has 2 N–H and O–H groups in total. The van der Waals surface area contributed by atoms with Crippen molar-refractivity contribution in [3.05, 3.63) is 77.1 Å². The molecule has 2 atom stereocenters. The topological polar surface area (TPSA) is 114 Å². The van der Waals surface area contributed by atoms with E-state index in [1.54, 1.807) is 18.1 Å². The van der Waals surface area contributed by atoms with Crippen LogP contribution in [0.3, 0.4) is 0 Å². The van der Waals surface area contributed by atoms with Crippen LogP contribution in [-0.4, -0.2) is 46.7 Å². The lowest BCUT2D eigenvalue weighted by Crippen LogP contribution is -2.58. The van der Waals surface area contributed by atoms with Gasteiger partial charge in [-0.25, -0.2) is 14.8 Å². The Morgan fingerprint density at radius 2 is 1.79 bits per heavy atom. The van der Waals surface area contributed by atoms with Crippen LogP contribution < -0.4 is 19.7 Å². The fraction of sp³-hybridized carbons (Fsp3) is 0.400. The largest absolute Gasteiger partial charge is 0.497 e. The van der Waals surface area contributed by atoms with E-state index in [1.165, 1.54) is 0 Å². The molecule has 0 radical (unpaired) electrons. The number of anilines is 1. The van der Waals surface area contributed by atoms with Gasteiger partial charge in [0.2, 0.25) is 12.0 Å². The first-order chi connectivity index (χ1) is 18.8. The molecular formula is C30H36N4O5. The molecule has 0 aliphatic carbocycles. The molecule has 3 aromatic rings. The molecule has 9 nitrogen and oxygen atoms in total. The van der Waals surface area contributed by atoms with Gasteiger partial charge in [-0.05, 0) is 50.1 Å². The van der Waals surface area contributed by atoms with E-state index in [-0.39, 0.29) is 18.5 Å². The highest BCUT2D eigenvalue weighted by molar-refractivity contribution is 5.97. The second-order valence-corrected chi connectivity index (χ2v) is 9.90. The molecule has 0 saturated carbocycles. The molecule has 4 rings (SSSR count). The number of carbonyl (C=O) groups excluding carboxylic acids is 1. The highest BCUT2D eigenvalue weighted by Gasteiger charge is 2.50. The minimum Gasteiger partial charge on any atom is -0.497 e. The van der Waals surface area contributed by atoms with E-state index in [0.29, 0.717) is 35.6 Å². The minimum atomic E-state index is -1.38. The number of nitrogens with one attached hydrogen (secondary N) is 1. The molecular weight excluding hydrogens is 496 g/mol. The van der Waals surface area contributed by atoms with Crippen LogP contribution in [0.4, 0.5) is 5.69 Å². The predicted octanol–water partition coefficient (Wildman–Crippen LogP) is 4.55. The highest BCUT2D eigenvalue weighted by Crippen LogP contribution is 2.41. The fourth-order valence-electron chi connectivity index (χ4n) is 5.19. The molecule has 2 aromatic carbocycles. The van der Waals surface area contributed by atoms with Crippen molar-refractivity contribution in [2.24, 2.45) is 0 Å². The van der Waals surface area contributed by atoms with E-state index in [4.69, 9.17) is 9.47 Å². The van der Waals surface area contributed by atoms with Gasteiger partial charge in [0.15, 0.2) is 0 Å². The number of aromatic nitrogens is 2. The molecule has 0 unspecified atom stereocenters. The molecule has 1 aromatic heterocycles. The molecule has 1 amide bonds. The number of ether oxygens (including phenoxy) is 2. The number of methoxy groups -OCH3 is 1. The van der Waals surface area contributed by atoms with Gasteiger partial charge in [-0.3, -0.25) is 10.1 Å². The predicted molar refractivity (Wildman–Crippen MR) is 148 cm³/mol. The zero-order valence-corrected chi connectivity index (χ0v) is 22.9. The standard InChI is InChI=1S/C30H36N4O5/c1-5-6-9-16-30(27(28(36)37)39-29-32-20(2)17-21(3)33-29)24-10-7-8-11-25(24)34(26(35)18-31-30)19-22-12-14-23(38-4)15-13-22/h7-8,10-15,17,27,31H,5-6,9,16,18-19H2,1-4H3,(H,36,37)/t27-,30+/m1/s1. The Morgan fingerprint density at radius 1 is 1.10 bits per heavy atom. The Kier molecular flexibility index (Phi) is 8.81. The Labute approximate surface area is 229 Å². The number of aryl methyl sites for hydroxylation is 2. The maximum atomic E-state index is 13.6. The average Bonchev–Trinajstić information content (AvgIpc) is 3.03. The number of carbonyl (C=O) groups is 2. The van der Waals surface area contributed by atoms with Crippen LogP contribution in [0, 0.1) is 13.8 Å². The van der Waals surface area contributed by atoms with Gasteiger partial charge in [-0.15, -0.1) is 0 Å². The summed E-state index contributed by atoms with van der Waals surface area (Å²) < 4.78 is 11.4. The summed E-state index contributed by atoms with van der Waals surface area (Å²) in [5.74, 6) is -0.594. The number of fused-ring (bicyclic) bond motifs is 1. The van der Waals surface area contributed by atoms with Gasteiger partial charge in [0, 0.05) is 22.6 Å². The molecule has 0 bridgehead atoms. The van der Waals surface area contributed by atoms with Crippen molar-refractivity contribution >= 4 is 17.6 Å². The third-order valence-electron chi connectivity index (χ3n) is 7.06. The van der Waals surface area contributed by atoms with E-state index in [1.807, 2.05) is 62.4 Å². The molecule has 9 heteroatoms. The van der Waals surface area contributed by atoms with Crippen LogP contribution in [0.1, 0.15) is 55.1 Å². The van der Waals surface area contributed by atoms with Crippen LogP contribution in [0.5, 0.6) is 11.8 Å². The molecule has 0 fully saturated rings. The molecule has 0 spiro atoms. The van der Waals surface area contributed by atoms with Crippen molar-refractivity contribution in [2.45, 2.75) is 64.6 Å². The number of hydrogen-bond acceptors (Lipinski definition) is 7. The summed E-state index contributed by atoms with van der Waals surface area (Å²) in [6.07, 6.45) is 1.67. The SMILES string of the molecule is CCCCC[C@]1([C@H](Oc2nc(C)cc(C)n2)C(=O)O)NCC(=O)N(Cc2ccc(OC)cc2)c2ccccc21. The first-order valence-electron chi connectivity index (χ1n) is 13.3. The van der Waals surface area contributed by atoms with Crippen molar-refractivity contribution in [1.29, 1.82) is 0 Å². The minimum absolute atomic E-state index is 0.000268. The third kappa shape index (κ3) is 6.20. The highest BCUT2D eigenvalue weighted by atomic mass is 16.5.